The number of nitrogens with zero attached hydrogens (tertiary/aromatic N) is 2. The van der Waals surface area contributed by atoms with Crippen LogP contribution in [0.4, 0.5) is 0 Å². The quantitative estimate of drug-likeness (QED) is 0.0940. The number of aliphatic hydroxyl groups is 1. The smallest absolute Gasteiger partial charge is 0.164 e. The second-order valence-corrected chi connectivity index (χ2v) is 13.5. The van der Waals surface area contributed by atoms with Gasteiger partial charge in [-0.25, -0.2) is 4.98 Å². The summed E-state index contributed by atoms with van der Waals surface area (Å²) < 4.78 is 6.41. The van der Waals surface area contributed by atoms with E-state index in [0.717, 1.165) is 69.6 Å². The van der Waals surface area contributed by atoms with Gasteiger partial charge in [0.1, 0.15) is 28.8 Å². The van der Waals surface area contributed by atoms with Crippen molar-refractivity contribution in [1.82, 2.24) is 9.97 Å². The van der Waals surface area contributed by atoms with E-state index in [9.17, 15) is 9.90 Å². The van der Waals surface area contributed by atoms with Gasteiger partial charge in [-0.1, -0.05) is 107 Å². The first kappa shape index (κ1) is 37.0. The van der Waals surface area contributed by atoms with Crippen molar-refractivity contribution < 1.29 is 34.4 Å². The first-order chi connectivity index (χ1) is 22.4. The molecule has 6 aromatic rings. The van der Waals surface area contributed by atoms with E-state index >= 15 is 0 Å². The molecule has 0 amide bonds. The van der Waals surface area contributed by atoms with Gasteiger partial charge in [0.05, 0.1) is 5.69 Å². The molecule has 0 saturated carbocycles. The van der Waals surface area contributed by atoms with Gasteiger partial charge in [-0.3, -0.25) is 9.78 Å². The molecule has 0 aliphatic rings. The van der Waals surface area contributed by atoms with E-state index in [1.165, 1.54) is 28.2 Å². The largest absolute Gasteiger partial charge is 0.512 e. The van der Waals surface area contributed by atoms with E-state index in [-0.39, 0.29) is 42.5 Å². The van der Waals surface area contributed by atoms with E-state index in [1.807, 2.05) is 53.7 Å². The zero-order valence-corrected chi connectivity index (χ0v) is 32.1. The average Bonchev–Trinajstić information content (AvgIpc) is 3.46. The van der Waals surface area contributed by atoms with Crippen LogP contribution in [0.15, 0.2) is 77.2 Å². The molecule has 6 rings (SSSR count). The number of carbonyl (C=O) groups is 1. The van der Waals surface area contributed by atoms with Gasteiger partial charge < -0.3 is 9.52 Å². The Bertz CT molecular complexity index is 2130. The minimum Gasteiger partial charge on any atom is -0.512 e. The van der Waals surface area contributed by atoms with Crippen LogP contribution in [0.1, 0.15) is 83.9 Å². The van der Waals surface area contributed by atoms with Gasteiger partial charge in [-0.2, -0.15) is 0 Å². The van der Waals surface area contributed by atoms with Crippen LogP contribution in [0.2, 0.25) is 0 Å². The molecule has 1 radical (unpaired) electrons. The first-order valence-corrected chi connectivity index (χ1v) is 16.8. The number of hydrogen-bond donors (Lipinski definition) is 1. The number of allylic oxidation sites excluding steroid dienone is 2. The molecule has 5 nitrogen and oxygen atoms in total. The summed E-state index contributed by atoms with van der Waals surface area (Å²) >= 11 is 0. The number of fused-ring (bicyclic) bond motifs is 6. The third-order valence-electron chi connectivity index (χ3n) is 10.5. The van der Waals surface area contributed by atoms with Gasteiger partial charge >= 0.3 is 0 Å². The zero-order chi connectivity index (χ0) is 34.1. The van der Waals surface area contributed by atoms with Gasteiger partial charge in [-0.05, 0) is 51.0 Å². The fourth-order valence-corrected chi connectivity index (χ4v) is 6.37. The molecule has 253 valence electrons. The molecule has 0 saturated heterocycles. The minimum absolute atomic E-state index is 0. The number of rotatable bonds is 8. The minimum atomic E-state index is -0.337. The summed E-state index contributed by atoms with van der Waals surface area (Å²) in [5.74, 6) is 0.286. The maximum absolute atomic E-state index is 12.2. The Morgan fingerprint density at radius 3 is 2.15 bits per heavy atom. The predicted octanol–water partition coefficient (Wildman–Crippen LogP) is 11.7. The molecule has 1 N–H and O–H groups in total. The monoisotopic (exact) mass is 820 g/mol. The summed E-state index contributed by atoms with van der Waals surface area (Å²) in [5, 5.41) is 15.7. The number of aliphatic hydroxyl groups excluding tert-OH is 1. The van der Waals surface area contributed by atoms with Gasteiger partial charge in [0.2, 0.25) is 0 Å². The summed E-state index contributed by atoms with van der Waals surface area (Å²) in [4.78, 5) is 21.3. The average molecular weight is 820 g/mol. The Hall–Kier alpha value is -3.86. The predicted molar refractivity (Wildman–Crippen MR) is 196 cm³/mol. The number of benzene rings is 4. The van der Waals surface area contributed by atoms with E-state index in [1.54, 1.807) is 6.33 Å². The molecule has 4 aromatic carbocycles. The molecular formula is C42H47IrN2O3-. The standard InChI is InChI=1S/C27H19N2O.C15H28O2.Ir/c1-15-10-16(2)23-17(3)12-20(13-19(23)11-15)24-27-25(29-14-28-24)22-9-8-18-6-4-5-7-21(18)26(22)30-27;1-7-14(5,8-2)12(16)11-13(17)15(6,9-3)10-4;/h4-12,14H,1-3H3;11,16H,7-10H2,1-6H3;/q-1;;/b;12-11-;. The van der Waals surface area contributed by atoms with Crippen LogP contribution in [0.25, 0.3) is 54.9 Å². The Labute approximate surface area is 298 Å². The van der Waals surface area contributed by atoms with Crippen LogP contribution in [-0.2, 0) is 24.9 Å². The molecule has 2 aromatic heterocycles. The number of carbonyl (C=O) groups excluding carboxylic acids is 1. The molecular weight excluding hydrogens is 773 g/mol. The SMILES string of the molecule is CCC(C)(CC)C(=O)/C=C(\O)C(C)(CC)CC.Cc1cc(C)c2c(C)cc(-c3ncnc4c3oc3c5ccccc5ccc43)[c-]c2c1.[Ir]. The second-order valence-electron chi connectivity index (χ2n) is 13.5. The van der Waals surface area contributed by atoms with Crippen LogP contribution >= 0.6 is 0 Å². The Balaban J connectivity index is 0.000000251. The van der Waals surface area contributed by atoms with E-state index < -0.39 is 0 Å². The zero-order valence-electron chi connectivity index (χ0n) is 29.7. The summed E-state index contributed by atoms with van der Waals surface area (Å²) in [6.45, 7) is 18.5. The fourth-order valence-electron chi connectivity index (χ4n) is 6.37. The van der Waals surface area contributed by atoms with Crippen LogP contribution < -0.4 is 0 Å². The van der Waals surface area contributed by atoms with Crippen molar-refractivity contribution in [3.05, 3.63) is 95.5 Å². The Morgan fingerprint density at radius 2 is 1.48 bits per heavy atom. The van der Waals surface area contributed by atoms with Crippen molar-refractivity contribution >= 4 is 49.4 Å². The van der Waals surface area contributed by atoms with Crippen LogP contribution in [0.3, 0.4) is 0 Å². The van der Waals surface area contributed by atoms with E-state index in [4.69, 9.17) is 4.42 Å². The van der Waals surface area contributed by atoms with E-state index in [2.05, 4.69) is 79.3 Å². The normalized spacial score (nSPS) is 12.3. The molecule has 6 heteroatoms. The second kappa shape index (κ2) is 14.7. The Morgan fingerprint density at radius 1 is 0.833 bits per heavy atom. The third-order valence-corrected chi connectivity index (χ3v) is 10.5. The van der Waals surface area contributed by atoms with E-state index in [0.29, 0.717) is 5.58 Å². The Kier molecular flexibility index (Phi) is 11.3. The molecule has 2 heterocycles. The molecule has 0 aliphatic carbocycles. The van der Waals surface area contributed by atoms with Gasteiger partial charge in [-0.15, -0.1) is 29.1 Å². The number of ketones is 1. The summed E-state index contributed by atoms with van der Waals surface area (Å²) in [6, 6.07) is 22.6. The summed E-state index contributed by atoms with van der Waals surface area (Å²) in [7, 11) is 0. The molecule has 0 fully saturated rings. The van der Waals surface area contributed by atoms with Crippen molar-refractivity contribution in [3.63, 3.8) is 0 Å². The fraction of sp³-hybridized carbons (Fsp3) is 0.357. The number of hydrogen-bond acceptors (Lipinski definition) is 5. The van der Waals surface area contributed by atoms with Crippen molar-refractivity contribution in [3.8, 4) is 11.3 Å². The van der Waals surface area contributed by atoms with Crippen molar-refractivity contribution in [2.45, 2.75) is 88.0 Å². The van der Waals surface area contributed by atoms with Crippen molar-refractivity contribution in [2.24, 2.45) is 10.8 Å². The van der Waals surface area contributed by atoms with Gasteiger partial charge in [0, 0.05) is 47.8 Å². The van der Waals surface area contributed by atoms with Crippen LogP contribution in [0.5, 0.6) is 0 Å². The molecule has 0 bridgehead atoms. The molecule has 0 spiro atoms. The number of furan rings is 1. The van der Waals surface area contributed by atoms with Crippen molar-refractivity contribution in [2.75, 3.05) is 0 Å². The molecule has 0 atom stereocenters. The number of aryl methyl sites for hydroxylation is 3. The van der Waals surface area contributed by atoms with Crippen molar-refractivity contribution in [1.29, 1.82) is 0 Å². The van der Waals surface area contributed by atoms with Gasteiger partial charge in [0.25, 0.3) is 0 Å². The first-order valence-electron chi connectivity index (χ1n) is 16.8. The maximum atomic E-state index is 12.2. The molecule has 0 unspecified atom stereocenters. The van der Waals surface area contributed by atoms with Gasteiger partial charge in [0.15, 0.2) is 5.78 Å². The summed E-state index contributed by atoms with van der Waals surface area (Å²) in [5.41, 5.74) is 7.23. The molecule has 48 heavy (non-hydrogen) atoms. The van der Waals surface area contributed by atoms with Crippen LogP contribution in [-0.4, -0.2) is 20.9 Å². The summed E-state index contributed by atoms with van der Waals surface area (Å²) in [6.07, 6.45) is 6.38. The maximum Gasteiger partial charge on any atom is 0.164 e. The van der Waals surface area contributed by atoms with Crippen LogP contribution in [0, 0.1) is 37.7 Å². The topological polar surface area (TPSA) is 76.2 Å². The number of aromatic nitrogens is 2. The molecule has 0 aliphatic heterocycles. The third kappa shape index (κ3) is 6.84.